The third-order valence-corrected chi connectivity index (χ3v) is 4.53. The lowest BCUT2D eigenvalue weighted by atomic mass is 9.68. The summed E-state index contributed by atoms with van der Waals surface area (Å²) in [6, 6.07) is 5.84. The van der Waals surface area contributed by atoms with Gasteiger partial charge in [-0.1, -0.05) is 12.5 Å². The Morgan fingerprint density at radius 2 is 2.00 bits per heavy atom. The smallest absolute Gasteiger partial charge is 0.230 e. The van der Waals surface area contributed by atoms with Gasteiger partial charge in [-0.3, -0.25) is 4.79 Å². The first-order valence-electron chi connectivity index (χ1n) is 7.49. The van der Waals surface area contributed by atoms with E-state index in [1.165, 1.54) is 0 Å². The van der Waals surface area contributed by atoms with Gasteiger partial charge in [-0.25, -0.2) is 0 Å². The number of rotatable bonds is 4. The van der Waals surface area contributed by atoms with Gasteiger partial charge in [0, 0.05) is 20.1 Å². The van der Waals surface area contributed by atoms with Crippen molar-refractivity contribution in [2.45, 2.75) is 25.8 Å². The van der Waals surface area contributed by atoms with Crippen molar-refractivity contribution in [3.05, 3.63) is 23.8 Å². The normalized spacial score (nSPS) is 18.8. The fourth-order valence-electron chi connectivity index (χ4n) is 3.05. The van der Waals surface area contributed by atoms with Crippen molar-refractivity contribution in [2.75, 3.05) is 26.8 Å². The third kappa shape index (κ3) is 2.58. The molecule has 5 nitrogen and oxygen atoms in total. The Morgan fingerprint density at radius 1 is 1.29 bits per heavy atom. The van der Waals surface area contributed by atoms with Gasteiger partial charge >= 0.3 is 0 Å². The van der Waals surface area contributed by atoms with Crippen LogP contribution in [0.25, 0.3) is 0 Å². The Balaban J connectivity index is 1.69. The largest absolute Gasteiger partial charge is 0.486 e. The zero-order valence-electron chi connectivity index (χ0n) is 12.4. The van der Waals surface area contributed by atoms with Crippen LogP contribution in [-0.4, -0.2) is 37.6 Å². The minimum Gasteiger partial charge on any atom is -0.486 e. The highest BCUT2D eigenvalue weighted by molar-refractivity contribution is 5.83. The van der Waals surface area contributed by atoms with Crippen LogP contribution in [0.1, 0.15) is 24.8 Å². The Labute approximate surface area is 125 Å². The standard InChI is InChI=1S/C16H22N2O3/c1-18(15(19)16(11-17)5-2-6-16)10-12-3-4-13-14(9-12)21-8-7-20-13/h3-4,9H,2,5-8,10-11,17H2,1H3. The van der Waals surface area contributed by atoms with Gasteiger partial charge in [-0.15, -0.1) is 0 Å². The van der Waals surface area contributed by atoms with Gasteiger partial charge in [-0.2, -0.15) is 0 Å². The molecule has 0 unspecified atom stereocenters. The van der Waals surface area contributed by atoms with E-state index in [1.807, 2.05) is 25.2 Å². The quantitative estimate of drug-likeness (QED) is 0.913. The van der Waals surface area contributed by atoms with Crippen LogP contribution in [0, 0.1) is 5.41 Å². The van der Waals surface area contributed by atoms with Crippen molar-refractivity contribution < 1.29 is 14.3 Å². The fourth-order valence-corrected chi connectivity index (χ4v) is 3.05. The Bertz CT molecular complexity index is 535. The van der Waals surface area contributed by atoms with Gasteiger partial charge < -0.3 is 20.1 Å². The van der Waals surface area contributed by atoms with Gasteiger partial charge in [0.25, 0.3) is 0 Å². The van der Waals surface area contributed by atoms with E-state index in [0.717, 1.165) is 36.3 Å². The summed E-state index contributed by atoms with van der Waals surface area (Å²) in [6.07, 6.45) is 2.92. The maximum Gasteiger partial charge on any atom is 0.230 e. The molecule has 114 valence electrons. The molecule has 1 amide bonds. The molecule has 0 saturated heterocycles. The van der Waals surface area contributed by atoms with Gasteiger partial charge in [0.05, 0.1) is 5.41 Å². The molecule has 5 heteroatoms. The minimum atomic E-state index is -0.317. The molecule has 1 fully saturated rings. The van der Waals surface area contributed by atoms with E-state index >= 15 is 0 Å². The molecule has 0 radical (unpaired) electrons. The summed E-state index contributed by atoms with van der Waals surface area (Å²) < 4.78 is 11.1. The molecule has 1 aliphatic carbocycles. The molecule has 0 aromatic heterocycles. The van der Waals surface area contributed by atoms with E-state index in [1.54, 1.807) is 4.90 Å². The highest BCUT2D eigenvalue weighted by Crippen LogP contribution is 2.41. The first-order valence-corrected chi connectivity index (χ1v) is 7.49. The second-order valence-corrected chi connectivity index (χ2v) is 5.98. The van der Waals surface area contributed by atoms with Crippen LogP contribution in [-0.2, 0) is 11.3 Å². The molecule has 1 heterocycles. The summed E-state index contributed by atoms with van der Waals surface area (Å²) in [5, 5.41) is 0. The van der Waals surface area contributed by atoms with Gasteiger partial charge in [-0.05, 0) is 30.5 Å². The van der Waals surface area contributed by atoms with Gasteiger partial charge in [0.1, 0.15) is 13.2 Å². The number of amides is 1. The van der Waals surface area contributed by atoms with E-state index in [9.17, 15) is 4.79 Å². The lowest BCUT2D eigenvalue weighted by Crippen LogP contribution is -2.50. The van der Waals surface area contributed by atoms with Gasteiger partial charge in [0.2, 0.25) is 5.91 Å². The molecule has 21 heavy (non-hydrogen) atoms. The van der Waals surface area contributed by atoms with Crippen LogP contribution in [0.15, 0.2) is 18.2 Å². The number of fused-ring (bicyclic) bond motifs is 1. The number of carbonyl (C=O) groups excluding carboxylic acids is 1. The highest BCUT2D eigenvalue weighted by Gasteiger charge is 2.44. The van der Waals surface area contributed by atoms with E-state index in [4.69, 9.17) is 15.2 Å². The summed E-state index contributed by atoms with van der Waals surface area (Å²) in [5.74, 6) is 1.69. The number of benzene rings is 1. The number of nitrogens with two attached hydrogens (primary N) is 1. The molecule has 1 aromatic rings. The number of carbonyl (C=O) groups is 1. The zero-order chi connectivity index (χ0) is 14.9. The maximum atomic E-state index is 12.6. The molecule has 0 bridgehead atoms. The van der Waals surface area contributed by atoms with Crippen molar-refractivity contribution in [3.8, 4) is 11.5 Å². The van der Waals surface area contributed by atoms with E-state index in [-0.39, 0.29) is 11.3 Å². The Morgan fingerprint density at radius 3 is 2.62 bits per heavy atom. The second kappa shape index (κ2) is 5.56. The van der Waals surface area contributed by atoms with Crippen LogP contribution < -0.4 is 15.2 Å². The van der Waals surface area contributed by atoms with Crippen molar-refractivity contribution in [1.29, 1.82) is 0 Å². The van der Waals surface area contributed by atoms with E-state index < -0.39 is 0 Å². The summed E-state index contributed by atoms with van der Waals surface area (Å²) in [4.78, 5) is 14.3. The van der Waals surface area contributed by atoms with E-state index in [0.29, 0.717) is 26.3 Å². The lowest BCUT2D eigenvalue weighted by Gasteiger charge is -2.41. The van der Waals surface area contributed by atoms with Crippen molar-refractivity contribution in [2.24, 2.45) is 11.1 Å². The summed E-state index contributed by atoms with van der Waals surface area (Å²) in [6.45, 7) is 2.17. The highest BCUT2D eigenvalue weighted by atomic mass is 16.6. The van der Waals surface area contributed by atoms with Crippen molar-refractivity contribution >= 4 is 5.91 Å². The number of hydrogen-bond donors (Lipinski definition) is 1. The molecule has 1 saturated carbocycles. The maximum absolute atomic E-state index is 12.6. The average Bonchev–Trinajstić information content (AvgIpc) is 2.46. The van der Waals surface area contributed by atoms with Gasteiger partial charge in [0.15, 0.2) is 11.5 Å². The molecule has 3 rings (SSSR count). The third-order valence-electron chi connectivity index (χ3n) is 4.53. The topological polar surface area (TPSA) is 64.8 Å². The van der Waals surface area contributed by atoms with Crippen LogP contribution in [0.5, 0.6) is 11.5 Å². The van der Waals surface area contributed by atoms with Crippen molar-refractivity contribution in [3.63, 3.8) is 0 Å². The molecule has 2 aliphatic rings. The van der Waals surface area contributed by atoms with Crippen LogP contribution in [0.4, 0.5) is 0 Å². The zero-order valence-corrected chi connectivity index (χ0v) is 12.4. The van der Waals surface area contributed by atoms with Crippen LogP contribution >= 0.6 is 0 Å². The van der Waals surface area contributed by atoms with Crippen LogP contribution in [0.3, 0.4) is 0 Å². The Kier molecular flexibility index (Phi) is 3.76. The number of hydrogen-bond acceptors (Lipinski definition) is 4. The molecule has 0 atom stereocenters. The molecule has 0 spiro atoms. The Hall–Kier alpha value is -1.75. The first-order chi connectivity index (χ1) is 10.1. The molecule has 1 aliphatic heterocycles. The van der Waals surface area contributed by atoms with E-state index in [2.05, 4.69) is 0 Å². The summed E-state index contributed by atoms with van der Waals surface area (Å²) in [7, 11) is 1.84. The summed E-state index contributed by atoms with van der Waals surface area (Å²) in [5.41, 5.74) is 6.53. The predicted molar refractivity (Wildman–Crippen MR) is 79.2 cm³/mol. The SMILES string of the molecule is CN(Cc1ccc2c(c1)OCCO2)C(=O)C1(CN)CCC1. The molecule has 2 N–H and O–H groups in total. The molecule has 1 aromatic carbocycles. The first kappa shape index (κ1) is 14.2. The predicted octanol–water partition coefficient (Wildman–Crippen LogP) is 1.55. The lowest BCUT2D eigenvalue weighted by molar-refractivity contribution is -0.145. The monoisotopic (exact) mass is 290 g/mol. The van der Waals surface area contributed by atoms with Crippen LogP contribution in [0.2, 0.25) is 0 Å². The second-order valence-electron chi connectivity index (χ2n) is 5.98. The average molecular weight is 290 g/mol. The number of ether oxygens (including phenoxy) is 2. The number of nitrogens with zero attached hydrogens (tertiary/aromatic N) is 1. The summed E-state index contributed by atoms with van der Waals surface area (Å²) >= 11 is 0. The minimum absolute atomic E-state index is 0.158. The molecular formula is C16H22N2O3. The van der Waals surface area contributed by atoms with Crippen molar-refractivity contribution in [1.82, 2.24) is 4.90 Å². The molecular weight excluding hydrogens is 268 g/mol. The fraction of sp³-hybridized carbons (Fsp3) is 0.562.